The van der Waals surface area contributed by atoms with Gasteiger partial charge >= 0.3 is 6.09 Å². The van der Waals surface area contributed by atoms with Crippen LogP contribution in [0.3, 0.4) is 0 Å². The highest BCUT2D eigenvalue weighted by atomic mass is 32.2. The third-order valence-corrected chi connectivity index (χ3v) is 7.55. The number of amides is 2. The molecule has 182 valence electrons. The van der Waals surface area contributed by atoms with E-state index in [9.17, 15) is 23.1 Å². The minimum Gasteiger partial charge on any atom is -0.484 e. The van der Waals surface area contributed by atoms with Crippen molar-refractivity contribution in [3.63, 3.8) is 0 Å². The Morgan fingerprint density at radius 3 is 2.71 bits per heavy atom. The molecular formula is C24H29N3O6S. The van der Waals surface area contributed by atoms with Crippen LogP contribution in [0.25, 0.3) is 5.57 Å². The van der Waals surface area contributed by atoms with Crippen LogP contribution < -0.4 is 10.1 Å². The van der Waals surface area contributed by atoms with Crippen molar-refractivity contribution in [2.75, 3.05) is 13.7 Å². The molecule has 1 heterocycles. The number of carbonyl (C=O) groups excluding carboxylic acids is 1. The SMILES string of the molecule is CN(Cc1cc(C2=CCCCC2)n(S(=O)(=O)c2cccc(OCC(=O)NC3CC3)c2)c1)C(=O)O. The topological polar surface area (TPSA) is 118 Å². The molecule has 1 aromatic carbocycles. The lowest BCUT2D eigenvalue weighted by atomic mass is 9.97. The van der Waals surface area contributed by atoms with Crippen molar-refractivity contribution in [1.82, 2.24) is 14.2 Å². The number of carbonyl (C=O) groups is 2. The van der Waals surface area contributed by atoms with E-state index in [0.717, 1.165) is 49.0 Å². The van der Waals surface area contributed by atoms with Gasteiger partial charge < -0.3 is 20.1 Å². The Kier molecular flexibility index (Phi) is 6.97. The molecule has 0 unspecified atom stereocenters. The van der Waals surface area contributed by atoms with E-state index in [1.54, 1.807) is 18.2 Å². The zero-order valence-electron chi connectivity index (χ0n) is 19.1. The number of carboxylic acid groups (broad SMARTS) is 1. The molecule has 2 aliphatic rings. The molecular weight excluding hydrogens is 458 g/mol. The average Bonchev–Trinajstić information content (AvgIpc) is 3.53. The second-order valence-corrected chi connectivity index (χ2v) is 10.6. The van der Waals surface area contributed by atoms with Crippen LogP contribution in [0, 0.1) is 0 Å². The maximum absolute atomic E-state index is 13.6. The van der Waals surface area contributed by atoms with Gasteiger partial charge in [-0.2, -0.15) is 0 Å². The van der Waals surface area contributed by atoms with Gasteiger partial charge in [0, 0.05) is 25.4 Å². The molecule has 2 aromatic rings. The Bertz CT molecular complexity index is 1210. The molecule has 1 saturated carbocycles. The summed E-state index contributed by atoms with van der Waals surface area (Å²) in [5.74, 6) is 0.0447. The molecule has 0 aliphatic heterocycles. The van der Waals surface area contributed by atoms with Gasteiger partial charge in [-0.15, -0.1) is 0 Å². The summed E-state index contributed by atoms with van der Waals surface area (Å²) in [5, 5.41) is 12.1. The van der Waals surface area contributed by atoms with Crippen molar-refractivity contribution in [2.45, 2.75) is 56.0 Å². The molecule has 0 spiro atoms. The zero-order chi connectivity index (χ0) is 24.3. The van der Waals surface area contributed by atoms with E-state index in [-0.39, 0.29) is 35.7 Å². The summed E-state index contributed by atoms with van der Waals surface area (Å²) in [6.07, 6.45) is 8.03. The molecule has 0 atom stereocenters. The van der Waals surface area contributed by atoms with Gasteiger partial charge in [0.05, 0.1) is 17.1 Å². The predicted octanol–water partition coefficient (Wildman–Crippen LogP) is 3.45. The Labute approximate surface area is 199 Å². The second kappa shape index (κ2) is 9.92. The third kappa shape index (κ3) is 5.61. The number of hydrogen-bond acceptors (Lipinski definition) is 5. The average molecular weight is 488 g/mol. The summed E-state index contributed by atoms with van der Waals surface area (Å²) in [6.45, 7) is -0.120. The maximum atomic E-state index is 13.6. The Morgan fingerprint density at radius 1 is 1.24 bits per heavy atom. The van der Waals surface area contributed by atoms with Crippen LogP contribution in [-0.2, 0) is 21.4 Å². The van der Waals surface area contributed by atoms with Crippen molar-refractivity contribution in [2.24, 2.45) is 0 Å². The fourth-order valence-electron chi connectivity index (χ4n) is 3.91. The van der Waals surface area contributed by atoms with Crippen LogP contribution in [0.1, 0.15) is 49.8 Å². The molecule has 4 rings (SSSR count). The molecule has 2 amide bonds. The van der Waals surface area contributed by atoms with E-state index < -0.39 is 16.1 Å². The van der Waals surface area contributed by atoms with Crippen LogP contribution >= 0.6 is 0 Å². The van der Waals surface area contributed by atoms with Crippen molar-refractivity contribution >= 4 is 27.6 Å². The highest BCUT2D eigenvalue weighted by Crippen LogP contribution is 2.31. The Morgan fingerprint density at radius 2 is 2.03 bits per heavy atom. The molecule has 34 heavy (non-hydrogen) atoms. The normalized spacial score (nSPS) is 16.0. The van der Waals surface area contributed by atoms with Crippen LogP contribution in [0.15, 0.2) is 47.5 Å². The van der Waals surface area contributed by atoms with Gasteiger partial charge in [-0.25, -0.2) is 17.2 Å². The van der Waals surface area contributed by atoms with Gasteiger partial charge in [-0.1, -0.05) is 12.1 Å². The molecule has 0 bridgehead atoms. The lowest BCUT2D eigenvalue weighted by Crippen LogP contribution is -2.30. The van der Waals surface area contributed by atoms with Crippen molar-refractivity contribution in [3.8, 4) is 5.75 Å². The summed E-state index contributed by atoms with van der Waals surface area (Å²) in [4.78, 5) is 24.3. The summed E-state index contributed by atoms with van der Waals surface area (Å²) in [5.41, 5.74) is 2.06. The first kappa shape index (κ1) is 23.9. The van der Waals surface area contributed by atoms with Crippen LogP contribution in [0.4, 0.5) is 4.79 Å². The Balaban J connectivity index is 1.62. The van der Waals surface area contributed by atoms with E-state index in [0.29, 0.717) is 11.3 Å². The number of ether oxygens (including phenoxy) is 1. The largest absolute Gasteiger partial charge is 0.484 e. The van der Waals surface area contributed by atoms with Gasteiger partial charge in [0.2, 0.25) is 0 Å². The molecule has 9 nitrogen and oxygen atoms in total. The number of rotatable bonds is 9. The minimum absolute atomic E-state index is 0.0269. The zero-order valence-corrected chi connectivity index (χ0v) is 19.9. The first-order chi connectivity index (χ1) is 16.2. The lowest BCUT2D eigenvalue weighted by Gasteiger charge is -2.16. The van der Waals surface area contributed by atoms with Gasteiger partial charge in [0.15, 0.2) is 6.61 Å². The highest BCUT2D eigenvalue weighted by molar-refractivity contribution is 7.90. The Hall–Kier alpha value is -3.27. The fourth-order valence-corrected chi connectivity index (χ4v) is 5.36. The van der Waals surface area contributed by atoms with Crippen molar-refractivity contribution < 1.29 is 27.9 Å². The molecule has 0 saturated heterocycles. The first-order valence-corrected chi connectivity index (χ1v) is 12.8. The highest BCUT2D eigenvalue weighted by Gasteiger charge is 2.25. The van der Waals surface area contributed by atoms with Gasteiger partial charge in [-0.3, -0.25) is 4.79 Å². The van der Waals surface area contributed by atoms with Crippen LogP contribution in [0.5, 0.6) is 5.75 Å². The summed E-state index contributed by atoms with van der Waals surface area (Å²) in [7, 11) is -2.56. The van der Waals surface area contributed by atoms with Crippen LogP contribution in [0.2, 0.25) is 0 Å². The number of aromatic nitrogens is 1. The van der Waals surface area contributed by atoms with Gasteiger partial charge in [0.1, 0.15) is 5.75 Å². The molecule has 0 radical (unpaired) electrons. The number of hydrogen-bond donors (Lipinski definition) is 2. The number of nitrogens with zero attached hydrogens (tertiary/aromatic N) is 2. The quantitative estimate of drug-likeness (QED) is 0.559. The van der Waals surface area contributed by atoms with E-state index >= 15 is 0 Å². The number of allylic oxidation sites excluding steroid dienone is 2. The standard InChI is InChI=1S/C24H29N3O6S/c1-26(24(29)30)14-17-12-22(18-6-3-2-4-7-18)27(15-17)34(31,32)21-9-5-8-20(13-21)33-16-23(28)25-19-10-11-19/h5-6,8-9,12-13,15,19H,2-4,7,10-11,14,16H2,1H3,(H,25,28)(H,29,30). The minimum atomic E-state index is -3.99. The molecule has 10 heteroatoms. The third-order valence-electron chi connectivity index (χ3n) is 5.88. The second-order valence-electron chi connectivity index (χ2n) is 8.75. The van der Waals surface area contributed by atoms with Gasteiger partial charge in [-0.05, 0) is 67.9 Å². The summed E-state index contributed by atoms with van der Waals surface area (Å²) < 4.78 is 34.1. The first-order valence-electron chi connectivity index (χ1n) is 11.4. The number of nitrogens with one attached hydrogen (secondary N) is 1. The summed E-state index contributed by atoms with van der Waals surface area (Å²) >= 11 is 0. The number of benzene rings is 1. The van der Waals surface area contributed by atoms with E-state index in [4.69, 9.17) is 4.74 Å². The smallest absolute Gasteiger partial charge is 0.407 e. The molecule has 2 N–H and O–H groups in total. The van der Waals surface area contributed by atoms with Crippen molar-refractivity contribution in [1.29, 1.82) is 0 Å². The molecule has 2 aliphatic carbocycles. The summed E-state index contributed by atoms with van der Waals surface area (Å²) in [6, 6.07) is 8.03. The van der Waals surface area contributed by atoms with Crippen LogP contribution in [-0.4, -0.2) is 54.1 Å². The molecule has 1 fully saturated rings. The maximum Gasteiger partial charge on any atom is 0.407 e. The van der Waals surface area contributed by atoms with E-state index in [1.807, 2.05) is 6.08 Å². The lowest BCUT2D eigenvalue weighted by molar-refractivity contribution is -0.123. The fraction of sp³-hybridized carbons (Fsp3) is 0.417. The monoisotopic (exact) mass is 487 g/mol. The molecule has 1 aromatic heterocycles. The predicted molar refractivity (Wildman–Crippen MR) is 126 cm³/mol. The van der Waals surface area contributed by atoms with E-state index in [2.05, 4.69) is 5.32 Å². The van der Waals surface area contributed by atoms with Gasteiger partial charge in [0.25, 0.3) is 15.9 Å². The van der Waals surface area contributed by atoms with Crippen molar-refractivity contribution in [3.05, 3.63) is 53.9 Å². The van der Waals surface area contributed by atoms with E-state index in [1.165, 1.54) is 29.3 Å².